The third kappa shape index (κ3) is 3.59. The summed E-state index contributed by atoms with van der Waals surface area (Å²) in [5.74, 6) is 1.65. The molecule has 4 heteroatoms. The Morgan fingerprint density at radius 2 is 1.10 bits per heavy atom. The van der Waals surface area contributed by atoms with Crippen molar-refractivity contribution >= 4 is 38.4 Å². The number of hydrogen-bond acceptors (Lipinski definition) is 3. The summed E-state index contributed by atoms with van der Waals surface area (Å²) >= 11 is 3.75. The molecule has 1 N–H and O–H groups in total. The summed E-state index contributed by atoms with van der Waals surface area (Å²) in [6.07, 6.45) is -0.333. The van der Waals surface area contributed by atoms with E-state index >= 15 is 0 Å². The normalized spacial score (nSPS) is 14.2. The Labute approximate surface area is 178 Å². The van der Waals surface area contributed by atoms with Gasteiger partial charge in [0, 0.05) is 21.2 Å². The van der Waals surface area contributed by atoms with E-state index in [2.05, 4.69) is 81.9 Å². The zero-order chi connectivity index (χ0) is 19.6. The Balaban J connectivity index is 1.66. The number of nitrogens with one attached hydrogen (secondary N) is 1. The molecule has 0 fully saturated rings. The average Bonchev–Trinajstić information content (AvgIpc) is 2.79. The van der Waals surface area contributed by atoms with Gasteiger partial charge in [0.15, 0.2) is 6.17 Å². The van der Waals surface area contributed by atoms with Crippen LogP contribution in [0, 0.1) is 0 Å². The van der Waals surface area contributed by atoms with Crippen LogP contribution in [0.4, 0.5) is 0 Å². The molecule has 0 atom stereocenters. The SMILES string of the molecule is Brc1cc2ccccc2cc1C1N=C(c2ccccc2)NC(c2ccccc2)=N1. The lowest BCUT2D eigenvalue weighted by molar-refractivity contribution is 0.753. The molecule has 1 heterocycles. The molecule has 140 valence electrons. The Morgan fingerprint density at radius 3 is 1.66 bits per heavy atom. The van der Waals surface area contributed by atoms with Gasteiger partial charge in [-0.2, -0.15) is 0 Å². The maximum absolute atomic E-state index is 4.95. The Bertz CT molecular complexity index is 1180. The molecule has 0 saturated heterocycles. The molecule has 0 aromatic heterocycles. The van der Waals surface area contributed by atoms with Crippen LogP contribution in [0.25, 0.3) is 10.8 Å². The van der Waals surface area contributed by atoms with Crippen molar-refractivity contribution in [3.8, 4) is 0 Å². The Hall–Kier alpha value is -3.24. The summed E-state index contributed by atoms with van der Waals surface area (Å²) < 4.78 is 1.01. The van der Waals surface area contributed by atoms with Crippen molar-refractivity contribution < 1.29 is 0 Å². The standard InChI is InChI=1S/C25H18BrN3/c26-22-16-20-14-8-7-13-19(20)15-21(22)25-28-23(17-9-3-1-4-10-17)27-24(29-25)18-11-5-2-6-12-18/h1-16,25H,(H,27,28,29). The highest BCUT2D eigenvalue weighted by atomic mass is 79.9. The van der Waals surface area contributed by atoms with Crippen LogP contribution in [0.1, 0.15) is 22.9 Å². The first-order chi connectivity index (χ1) is 14.3. The highest BCUT2D eigenvalue weighted by Crippen LogP contribution is 2.33. The number of benzene rings is 4. The molecule has 3 nitrogen and oxygen atoms in total. The van der Waals surface area contributed by atoms with Crippen LogP contribution in [0.3, 0.4) is 0 Å². The third-order valence-electron chi connectivity index (χ3n) is 4.98. The summed E-state index contributed by atoms with van der Waals surface area (Å²) in [6, 6.07) is 33.0. The number of halogens is 1. The van der Waals surface area contributed by atoms with Gasteiger partial charge in [0.05, 0.1) is 0 Å². The highest BCUT2D eigenvalue weighted by molar-refractivity contribution is 9.10. The summed E-state index contributed by atoms with van der Waals surface area (Å²) in [7, 11) is 0. The molecule has 4 aromatic carbocycles. The van der Waals surface area contributed by atoms with E-state index in [0.29, 0.717) is 0 Å². The predicted octanol–water partition coefficient (Wildman–Crippen LogP) is 6.10. The number of hydrogen-bond donors (Lipinski definition) is 1. The molecule has 5 rings (SSSR count). The second kappa shape index (κ2) is 7.64. The molecule has 0 aliphatic carbocycles. The van der Waals surface area contributed by atoms with E-state index in [0.717, 1.165) is 32.8 Å². The lowest BCUT2D eigenvalue weighted by Gasteiger charge is -2.23. The van der Waals surface area contributed by atoms with Gasteiger partial charge in [-0.3, -0.25) is 0 Å². The summed E-state index contributed by atoms with van der Waals surface area (Å²) in [6.45, 7) is 0. The second-order valence-electron chi connectivity index (χ2n) is 6.91. The van der Waals surface area contributed by atoms with Crippen molar-refractivity contribution in [2.45, 2.75) is 6.17 Å². The van der Waals surface area contributed by atoms with Crippen LogP contribution in [-0.2, 0) is 0 Å². The first-order valence-corrected chi connectivity index (χ1v) is 10.3. The zero-order valence-corrected chi connectivity index (χ0v) is 17.2. The van der Waals surface area contributed by atoms with Gasteiger partial charge in [0.1, 0.15) is 11.7 Å². The second-order valence-corrected chi connectivity index (χ2v) is 7.76. The van der Waals surface area contributed by atoms with Crippen LogP contribution in [0.5, 0.6) is 0 Å². The minimum atomic E-state index is -0.333. The van der Waals surface area contributed by atoms with E-state index < -0.39 is 0 Å². The van der Waals surface area contributed by atoms with Gasteiger partial charge >= 0.3 is 0 Å². The third-order valence-corrected chi connectivity index (χ3v) is 5.66. The van der Waals surface area contributed by atoms with Gasteiger partial charge in [-0.1, -0.05) is 101 Å². The van der Waals surface area contributed by atoms with Crippen molar-refractivity contribution in [3.05, 3.63) is 118 Å². The summed E-state index contributed by atoms with van der Waals surface area (Å²) in [5.41, 5.74) is 3.13. The number of aliphatic imine (C=N–C) groups is 2. The van der Waals surface area contributed by atoms with Crippen LogP contribution in [0.2, 0.25) is 0 Å². The van der Waals surface area contributed by atoms with E-state index in [1.54, 1.807) is 0 Å². The molecular weight excluding hydrogens is 422 g/mol. The van der Waals surface area contributed by atoms with Gasteiger partial charge in [-0.05, 0) is 22.9 Å². The van der Waals surface area contributed by atoms with Crippen molar-refractivity contribution in [2.24, 2.45) is 9.98 Å². The van der Waals surface area contributed by atoms with Crippen LogP contribution >= 0.6 is 15.9 Å². The van der Waals surface area contributed by atoms with E-state index in [1.165, 1.54) is 10.8 Å². The fraction of sp³-hybridized carbons (Fsp3) is 0.0400. The van der Waals surface area contributed by atoms with Gasteiger partial charge in [-0.25, -0.2) is 9.98 Å². The van der Waals surface area contributed by atoms with Crippen molar-refractivity contribution in [1.29, 1.82) is 0 Å². The Morgan fingerprint density at radius 1 is 0.621 bits per heavy atom. The largest absolute Gasteiger partial charge is 0.324 e. The molecule has 0 unspecified atom stereocenters. The van der Waals surface area contributed by atoms with E-state index in [1.807, 2.05) is 36.4 Å². The minimum absolute atomic E-state index is 0.333. The molecule has 29 heavy (non-hydrogen) atoms. The zero-order valence-electron chi connectivity index (χ0n) is 15.6. The van der Waals surface area contributed by atoms with Crippen LogP contribution in [0.15, 0.2) is 112 Å². The van der Waals surface area contributed by atoms with Crippen molar-refractivity contribution in [3.63, 3.8) is 0 Å². The number of rotatable bonds is 3. The van der Waals surface area contributed by atoms with Crippen molar-refractivity contribution in [2.75, 3.05) is 0 Å². The molecule has 1 aliphatic heterocycles. The summed E-state index contributed by atoms with van der Waals surface area (Å²) in [5, 5.41) is 5.80. The van der Waals surface area contributed by atoms with Gasteiger partial charge in [-0.15, -0.1) is 0 Å². The number of amidine groups is 2. The molecule has 0 spiro atoms. The highest BCUT2D eigenvalue weighted by Gasteiger charge is 2.22. The number of fused-ring (bicyclic) bond motifs is 1. The van der Waals surface area contributed by atoms with Gasteiger partial charge in [0.2, 0.25) is 0 Å². The van der Waals surface area contributed by atoms with Gasteiger partial charge in [0.25, 0.3) is 0 Å². The van der Waals surface area contributed by atoms with Crippen LogP contribution in [-0.4, -0.2) is 11.7 Å². The molecule has 0 amide bonds. The monoisotopic (exact) mass is 439 g/mol. The molecule has 0 bridgehead atoms. The van der Waals surface area contributed by atoms with E-state index in [9.17, 15) is 0 Å². The van der Waals surface area contributed by atoms with Crippen LogP contribution < -0.4 is 5.32 Å². The smallest absolute Gasteiger partial charge is 0.170 e. The maximum Gasteiger partial charge on any atom is 0.170 e. The quantitative estimate of drug-likeness (QED) is 0.411. The van der Waals surface area contributed by atoms with E-state index in [4.69, 9.17) is 9.98 Å². The lowest BCUT2D eigenvalue weighted by atomic mass is 10.0. The Kier molecular flexibility index (Phi) is 4.70. The fourth-order valence-electron chi connectivity index (χ4n) is 3.50. The molecule has 1 aliphatic rings. The first kappa shape index (κ1) is 17.8. The molecule has 0 radical (unpaired) electrons. The molecular formula is C25H18BrN3. The average molecular weight is 440 g/mol. The maximum atomic E-state index is 4.95. The summed E-state index contributed by atoms with van der Waals surface area (Å²) in [4.78, 5) is 9.91. The minimum Gasteiger partial charge on any atom is -0.324 e. The first-order valence-electron chi connectivity index (χ1n) is 9.49. The lowest BCUT2D eigenvalue weighted by Crippen LogP contribution is -2.36. The van der Waals surface area contributed by atoms with Gasteiger partial charge < -0.3 is 5.32 Å². The predicted molar refractivity (Wildman–Crippen MR) is 123 cm³/mol. The molecule has 4 aromatic rings. The van der Waals surface area contributed by atoms with Crippen molar-refractivity contribution in [1.82, 2.24) is 5.32 Å². The topological polar surface area (TPSA) is 36.8 Å². The number of nitrogens with zero attached hydrogens (tertiary/aromatic N) is 2. The molecule has 0 saturated carbocycles. The fourth-order valence-corrected chi connectivity index (χ4v) is 4.07. The van der Waals surface area contributed by atoms with E-state index in [-0.39, 0.29) is 6.17 Å².